The summed E-state index contributed by atoms with van der Waals surface area (Å²) in [5, 5.41) is 0. The molecule has 38 heteroatoms. The number of carbonyl (C=O) groups is 1. The molecule has 1 fully saturated rings. The van der Waals surface area contributed by atoms with Gasteiger partial charge in [0.2, 0.25) is 0 Å². The predicted octanol–water partition coefficient (Wildman–Crippen LogP) is 9.39. The maximum absolute atomic E-state index is 14.9. The van der Waals surface area contributed by atoms with Crippen LogP contribution in [0.3, 0.4) is 0 Å². The zero-order chi connectivity index (χ0) is 45.1. The minimum Gasteiger partial charge on any atom is -0.286 e. The molecule has 1 rings (SSSR count). The van der Waals surface area contributed by atoms with Gasteiger partial charge in [-0.15, -0.1) is 0 Å². The van der Waals surface area contributed by atoms with Crippen molar-refractivity contribution in [2.45, 2.75) is 96.6 Å². The summed E-state index contributed by atoms with van der Waals surface area (Å²) >= 11 is 0. The second kappa shape index (κ2) is 12.6. The van der Waals surface area contributed by atoms with Gasteiger partial charge < -0.3 is 0 Å². The largest absolute Gasteiger partial charge is 0.462 e. The highest BCUT2D eigenvalue weighted by molar-refractivity contribution is 5.94. The van der Waals surface area contributed by atoms with E-state index in [-0.39, 0.29) is 0 Å². The average Bonchev–Trinajstić information content (AvgIpc) is 2.86. The Hall–Kier alpha value is -2.77. The van der Waals surface area contributed by atoms with E-state index in [1.807, 2.05) is 0 Å². The van der Waals surface area contributed by atoms with E-state index in [1.54, 1.807) is 0 Å². The van der Waals surface area contributed by atoms with Crippen molar-refractivity contribution in [1.82, 2.24) is 0 Å². The van der Waals surface area contributed by atoms with Crippen LogP contribution in [0.25, 0.3) is 0 Å². The molecule has 0 aromatic carbocycles. The van der Waals surface area contributed by atoms with E-state index in [4.69, 9.17) is 0 Å². The molecule has 6 nitrogen and oxygen atoms in total. The Balaban J connectivity index is 4.28. The molecular weight excluding hydrogens is 908 g/mol. The standard InChI is InChI=1S/C17F32O6/c18-2(8(25,26)27,51-15(45,46)5(22,11(34,35)36)53-14(43,44)4(20,21)10(31,32)33)1(50)3(19,9(28,29)30)52-17(49)7(24,13(40,41)42)54-16(47,48)6(23,55-17)12(37,38)39. The monoisotopic (exact) mass is 908 g/mol. The molecule has 0 aromatic rings. The van der Waals surface area contributed by atoms with Crippen molar-refractivity contribution in [2.75, 3.05) is 0 Å². The van der Waals surface area contributed by atoms with Gasteiger partial charge in [-0.3, -0.25) is 28.5 Å². The number of ether oxygens (including phenoxy) is 5. The number of halogens is 32. The van der Waals surface area contributed by atoms with E-state index in [0.29, 0.717) is 0 Å². The summed E-state index contributed by atoms with van der Waals surface area (Å²) in [4.78, 5) is 11.8. The molecule has 1 heterocycles. The average molecular weight is 908 g/mol. The Labute approximate surface area is 273 Å². The maximum atomic E-state index is 14.9. The van der Waals surface area contributed by atoms with Crippen molar-refractivity contribution < 1.29 is 169 Å². The summed E-state index contributed by atoms with van der Waals surface area (Å²) in [5.74, 6) is -58.9. The van der Waals surface area contributed by atoms with Crippen LogP contribution in [0, 0.1) is 0 Å². The third-order valence-corrected chi connectivity index (χ3v) is 5.61. The van der Waals surface area contributed by atoms with Crippen molar-refractivity contribution >= 4 is 5.78 Å². The molecule has 328 valence electrons. The molecule has 1 aliphatic rings. The Morgan fingerprint density at radius 2 is 0.782 bits per heavy atom. The maximum Gasteiger partial charge on any atom is 0.462 e. The normalized spacial score (nSPS) is 28.9. The van der Waals surface area contributed by atoms with Crippen molar-refractivity contribution in [3.63, 3.8) is 0 Å². The van der Waals surface area contributed by atoms with E-state index in [2.05, 4.69) is 0 Å². The number of Topliss-reactive ketones (excluding diaryl/α,β-unsaturated/α-hetero) is 1. The number of hydrogen-bond acceptors (Lipinski definition) is 6. The lowest BCUT2D eigenvalue weighted by molar-refractivity contribution is -0.645. The van der Waals surface area contributed by atoms with Gasteiger partial charge in [-0.2, -0.15) is 140 Å². The summed E-state index contributed by atoms with van der Waals surface area (Å²) in [6.45, 7) is 0. The SMILES string of the molecule is O=C(C(F)(OC(F)(F)C(F)(OC(F)(F)C(F)(F)C(F)(F)F)C(F)(F)F)C(F)(F)F)C(F)(OC1(F)OC(F)(C(F)(F)F)C(F)(F)OC1(F)C(F)(F)F)C(F)(F)F. The first-order valence-electron chi connectivity index (χ1n) is 11.3. The molecule has 6 unspecified atom stereocenters. The first-order chi connectivity index (χ1) is 23.2. The molecule has 0 spiro atoms. The molecule has 0 aliphatic carbocycles. The van der Waals surface area contributed by atoms with Crippen molar-refractivity contribution in [1.29, 1.82) is 0 Å². The minimum absolute atomic E-state index is 0.861. The fourth-order valence-electron chi connectivity index (χ4n) is 2.93. The molecule has 0 bridgehead atoms. The van der Waals surface area contributed by atoms with Gasteiger partial charge >= 0.3 is 96.6 Å². The Bertz CT molecular complexity index is 1440. The van der Waals surface area contributed by atoms with E-state index >= 15 is 0 Å². The van der Waals surface area contributed by atoms with Crippen LogP contribution < -0.4 is 0 Å². The zero-order valence-electron chi connectivity index (χ0n) is 23.0. The van der Waals surface area contributed by atoms with Crippen LogP contribution in [0.5, 0.6) is 0 Å². The molecule has 1 aliphatic heterocycles. The van der Waals surface area contributed by atoms with Crippen LogP contribution in [0.2, 0.25) is 0 Å². The van der Waals surface area contributed by atoms with Crippen LogP contribution in [0.15, 0.2) is 0 Å². The number of alkyl halides is 32. The molecule has 0 radical (unpaired) electrons. The number of carbonyl (C=O) groups excluding carboxylic acids is 1. The Morgan fingerprint density at radius 3 is 1.07 bits per heavy atom. The van der Waals surface area contributed by atoms with Crippen LogP contribution in [-0.4, -0.2) is 102 Å². The van der Waals surface area contributed by atoms with E-state index in [9.17, 15) is 145 Å². The third-order valence-electron chi connectivity index (χ3n) is 5.61. The fourth-order valence-corrected chi connectivity index (χ4v) is 2.93. The Morgan fingerprint density at radius 1 is 0.418 bits per heavy atom. The van der Waals surface area contributed by atoms with Crippen molar-refractivity contribution in [3.8, 4) is 0 Å². The van der Waals surface area contributed by atoms with Crippen molar-refractivity contribution in [2.24, 2.45) is 0 Å². The lowest BCUT2D eigenvalue weighted by Gasteiger charge is -2.50. The molecule has 0 amide bonds. The minimum atomic E-state index is -9.23. The highest BCUT2D eigenvalue weighted by atomic mass is 19.5. The van der Waals surface area contributed by atoms with Gasteiger partial charge in [-0.25, -0.2) is 0 Å². The topological polar surface area (TPSA) is 63.2 Å². The van der Waals surface area contributed by atoms with Gasteiger partial charge in [-0.1, -0.05) is 0 Å². The Kier molecular flexibility index (Phi) is 11.5. The first kappa shape index (κ1) is 50.2. The van der Waals surface area contributed by atoms with Crippen LogP contribution in [-0.2, 0) is 28.5 Å². The number of hydrogen-bond donors (Lipinski definition) is 0. The van der Waals surface area contributed by atoms with Gasteiger partial charge in [0.25, 0.3) is 5.78 Å². The molecule has 1 saturated heterocycles. The molecule has 0 aromatic heterocycles. The molecule has 0 saturated carbocycles. The summed E-state index contributed by atoms with van der Waals surface area (Å²) < 4.78 is 435. The van der Waals surface area contributed by atoms with Crippen LogP contribution in [0.4, 0.5) is 140 Å². The predicted molar refractivity (Wildman–Crippen MR) is 89.6 cm³/mol. The van der Waals surface area contributed by atoms with Gasteiger partial charge in [0.15, 0.2) is 0 Å². The van der Waals surface area contributed by atoms with E-state index < -0.39 is 102 Å². The summed E-state index contributed by atoms with van der Waals surface area (Å²) in [6, 6.07) is -8.60. The van der Waals surface area contributed by atoms with Gasteiger partial charge in [0, 0.05) is 0 Å². The summed E-state index contributed by atoms with van der Waals surface area (Å²) in [6.07, 6.45) is -77.0. The fraction of sp³-hybridized carbons (Fsp3) is 0.941. The lowest BCUT2D eigenvalue weighted by atomic mass is 10.0. The van der Waals surface area contributed by atoms with Crippen LogP contribution >= 0.6 is 0 Å². The molecular formula is C17F32O6. The van der Waals surface area contributed by atoms with Gasteiger partial charge in [-0.05, 0) is 0 Å². The molecule has 6 atom stereocenters. The highest BCUT2D eigenvalue weighted by Gasteiger charge is 2.94. The second-order valence-corrected chi connectivity index (χ2v) is 9.46. The van der Waals surface area contributed by atoms with Gasteiger partial charge in [0.1, 0.15) is 0 Å². The molecule has 55 heavy (non-hydrogen) atoms. The highest BCUT2D eigenvalue weighted by Crippen LogP contribution is 2.64. The second-order valence-electron chi connectivity index (χ2n) is 9.46. The van der Waals surface area contributed by atoms with Crippen molar-refractivity contribution in [3.05, 3.63) is 0 Å². The summed E-state index contributed by atoms with van der Waals surface area (Å²) in [7, 11) is 0. The van der Waals surface area contributed by atoms with E-state index in [0.717, 1.165) is 9.47 Å². The quantitative estimate of drug-likeness (QED) is 0.204. The summed E-state index contributed by atoms with van der Waals surface area (Å²) in [5.41, 5.74) is 0. The smallest absolute Gasteiger partial charge is 0.286 e. The number of rotatable bonds is 10. The molecule has 0 N–H and O–H groups in total. The van der Waals surface area contributed by atoms with E-state index in [1.165, 1.54) is 14.2 Å². The lowest BCUT2D eigenvalue weighted by Crippen LogP contribution is -2.79. The van der Waals surface area contributed by atoms with Crippen LogP contribution in [0.1, 0.15) is 0 Å². The zero-order valence-corrected chi connectivity index (χ0v) is 23.0. The van der Waals surface area contributed by atoms with Gasteiger partial charge in [0.05, 0.1) is 0 Å². The third kappa shape index (κ3) is 7.43. The first-order valence-corrected chi connectivity index (χ1v) is 11.3. The number of ketones is 1.